The molecule has 0 spiro atoms. The summed E-state index contributed by atoms with van der Waals surface area (Å²) < 4.78 is 5.38. The third-order valence-electron chi connectivity index (χ3n) is 4.43. The molecule has 2 saturated heterocycles. The van der Waals surface area contributed by atoms with Crippen molar-refractivity contribution in [2.24, 2.45) is 0 Å². The highest BCUT2D eigenvalue weighted by atomic mass is 33.1. The maximum absolute atomic E-state index is 12.0. The van der Waals surface area contributed by atoms with Gasteiger partial charge in [-0.05, 0) is 43.5 Å². The van der Waals surface area contributed by atoms with Crippen molar-refractivity contribution >= 4 is 38.9 Å². The van der Waals surface area contributed by atoms with Crippen molar-refractivity contribution in [1.82, 2.24) is 0 Å². The van der Waals surface area contributed by atoms with Gasteiger partial charge in [0.05, 0.1) is 13.2 Å². The topological polar surface area (TPSA) is 41.6 Å². The molecule has 4 nitrogen and oxygen atoms in total. The summed E-state index contributed by atoms with van der Waals surface area (Å²) >= 11 is 0. The highest BCUT2D eigenvalue weighted by molar-refractivity contribution is 8.77. The van der Waals surface area contributed by atoms with Crippen LogP contribution in [0.5, 0.6) is 0 Å². The highest BCUT2D eigenvalue weighted by Crippen LogP contribution is 2.39. The molecule has 0 aromatic heterocycles. The molecule has 2 heterocycles. The van der Waals surface area contributed by atoms with Crippen LogP contribution in [0.15, 0.2) is 24.3 Å². The number of ether oxygens (including phenoxy) is 1. The van der Waals surface area contributed by atoms with Crippen LogP contribution in [-0.4, -0.2) is 43.2 Å². The molecular formula is C18H26N2O2S2. The fourth-order valence-corrected chi connectivity index (χ4v) is 6.05. The standard InChI is InChI=1S/C18H26N2O2S2/c21-18(4-2-1-3-17-9-14-23-24-17)19-15-5-7-16(8-6-15)20-10-12-22-13-11-20/h5-8,17H,1-4,9-14H2,(H,19,21)/t17-/m0/s1. The normalized spacial score (nSPS) is 21.0. The van der Waals surface area contributed by atoms with Crippen LogP contribution in [0.2, 0.25) is 0 Å². The Morgan fingerprint density at radius 2 is 2.00 bits per heavy atom. The highest BCUT2D eigenvalue weighted by Gasteiger charge is 2.16. The molecule has 0 saturated carbocycles. The number of anilines is 2. The van der Waals surface area contributed by atoms with E-state index in [0.717, 1.165) is 50.1 Å². The van der Waals surface area contributed by atoms with E-state index in [1.54, 1.807) is 0 Å². The Bertz CT molecular complexity index is 512. The van der Waals surface area contributed by atoms with Crippen LogP contribution in [0, 0.1) is 0 Å². The summed E-state index contributed by atoms with van der Waals surface area (Å²) in [4.78, 5) is 14.4. The van der Waals surface area contributed by atoms with Crippen LogP contribution in [0.25, 0.3) is 0 Å². The van der Waals surface area contributed by atoms with Crippen molar-refractivity contribution in [3.8, 4) is 0 Å². The molecule has 24 heavy (non-hydrogen) atoms. The van der Waals surface area contributed by atoms with Crippen molar-refractivity contribution in [3.05, 3.63) is 24.3 Å². The van der Waals surface area contributed by atoms with E-state index in [9.17, 15) is 4.79 Å². The van der Waals surface area contributed by atoms with Crippen molar-refractivity contribution in [2.75, 3.05) is 42.3 Å². The molecule has 2 fully saturated rings. The Kier molecular flexibility index (Phi) is 7.17. The molecule has 1 N–H and O–H groups in total. The molecule has 1 aromatic rings. The van der Waals surface area contributed by atoms with E-state index in [-0.39, 0.29) is 5.91 Å². The Labute approximate surface area is 152 Å². The second-order valence-electron chi connectivity index (χ2n) is 6.27. The van der Waals surface area contributed by atoms with Gasteiger partial charge in [-0.2, -0.15) is 0 Å². The molecule has 132 valence electrons. The summed E-state index contributed by atoms with van der Waals surface area (Å²) in [6.45, 7) is 3.44. The lowest BCUT2D eigenvalue weighted by Gasteiger charge is -2.28. The van der Waals surface area contributed by atoms with Crippen LogP contribution < -0.4 is 10.2 Å². The van der Waals surface area contributed by atoms with Gasteiger partial charge in [-0.15, -0.1) is 0 Å². The molecule has 0 bridgehead atoms. The van der Waals surface area contributed by atoms with Gasteiger partial charge in [0.2, 0.25) is 5.91 Å². The Balaban J connectivity index is 1.36. The first-order chi connectivity index (χ1) is 11.8. The fraction of sp³-hybridized carbons (Fsp3) is 0.611. The fourth-order valence-electron chi connectivity index (χ4n) is 3.02. The van der Waals surface area contributed by atoms with Gasteiger partial charge in [0.1, 0.15) is 0 Å². The second-order valence-corrected chi connectivity index (χ2v) is 9.06. The van der Waals surface area contributed by atoms with Gasteiger partial charge in [0, 0.05) is 41.9 Å². The number of hydrogen-bond donors (Lipinski definition) is 1. The van der Waals surface area contributed by atoms with E-state index in [1.165, 1.54) is 24.3 Å². The van der Waals surface area contributed by atoms with Crippen LogP contribution in [0.3, 0.4) is 0 Å². The van der Waals surface area contributed by atoms with E-state index in [0.29, 0.717) is 6.42 Å². The molecule has 1 amide bonds. The predicted molar refractivity (Wildman–Crippen MR) is 105 cm³/mol. The Morgan fingerprint density at radius 3 is 2.71 bits per heavy atom. The van der Waals surface area contributed by atoms with Gasteiger partial charge < -0.3 is 15.0 Å². The van der Waals surface area contributed by atoms with Crippen LogP contribution in [0.4, 0.5) is 11.4 Å². The smallest absolute Gasteiger partial charge is 0.224 e. The Hall–Kier alpha value is -0.850. The molecule has 1 aromatic carbocycles. The molecular weight excluding hydrogens is 340 g/mol. The lowest BCUT2D eigenvalue weighted by Crippen LogP contribution is -2.36. The van der Waals surface area contributed by atoms with Gasteiger partial charge in [-0.3, -0.25) is 4.79 Å². The van der Waals surface area contributed by atoms with Crippen molar-refractivity contribution < 1.29 is 9.53 Å². The van der Waals surface area contributed by atoms with E-state index < -0.39 is 0 Å². The third-order valence-corrected chi connectivity index (χ3v) is 7.44. The minimum Gasteiger partial charge on any atom is -0.378 e. The van der Waals surface area contributed by atoms with Crippen molar-refractivity contribution in [2.45, 2.75) is 37.4 Å². The average molecular weight is 367 g/mol. The largest absolute Gasteiger partial charge is 0.378 e. The molecule has 6 heteroatoms. The number of benzene rings is 1. The molecule has 0 unspecified atom stereocenters. The van der Waals surface area contributed by atoms with E-state index >= 15 is 0 Å². The minimum absolute atomic E-state index is 0.127. The molecule has 3 rings (SSSR count). The first-order valence-electron chi connectivity index (χ1n) is 8.82. The average Bonchev–Trinajstić information content (AvgIpc) is 3.14. The van der Waals surface area contributed by atoms with E-state index in [2.05, 4.69) is 22.3 Å². The third kappa shape index (κ3) is 5.60. The molecule has 0 aliphatic carbocycles. The van der Waals surface area contributed by atoms with Gasteiger partial charge in [0.25, 0.3) is 0 Å². The maximum Gasteiger partial charge on any atom is 0.224 e. The number of rotatable bonds is 7. The lowest BCUT2D eigenvalue weighted by atomic mass is 10.1. The summed E-state index contributed by atoms with van der Waals surface area (Å²) in [5, 5.41) is 3.82. The molecule has 2 aliphatic rings. The molecule has 0 radical (unpaired) electrons. The van der Waals surface area contributed by atoms with E-state index in [1.807, 2.05) is 33.7 Å². The Morgan fingerprint density at radius 1 is 1.21 bits per heavy atom. The van der Waals surface area contributed by atoms with Crippen LogP contribution >= 0.6 is 21.6 Å². The zero-order valence-corrected chi connectivity index (χ0v) is 15.7. The first-order valence-corrected chi connectivity index (χ1v) is 11.2. The number of carbonyl (C=O) groups is 1. The first kappa shape index (κ1) is 18.0. The van der Waals surface area contributed by atoms with Crippen LogP contribution in [0.1, 0.15) is 32.1 Å². The minimum atomic E-state index is 0.127. The number of nitrogens with zero attached hydrogens (tertiary/aromatic N) is 1. The van der Waals surface area contributed by atoms with Gasteiger partial charge >= 0.3 is 0 Å². The number of hydrogen-bond acceptors (Lipinski definition) is 5. The molecule has 2 aliphatic heterocycles. The van der Waals surface area contributed by atoms with E-state index in [4.69, 9.17) is 4.74 Å². The number of amides is 1. The lowest BCUT2D eigenvalue weighted by molar-refractivity contribution is -0.116. The monoisotopic (exact) mass is 366 g/mol. The summed E-state index contributed by atoms with van der Waals surface area (Å²) in [5.74, 6) is 1.42. The van der Waals surface area contributed by atoms with Crippen LogP contribution in [-0.2, 0) is 9.53 Å². The van der Waals surface area contributed by atoms with Gasteiger partial charge in [-0.25, -0.2) is 0 Å². The number of nitrogens with one attached hydrogen (secondary N) is 1. The number of carbonyl (C=O) groups excluding carboxylic acids is 1. The summed E-state index contributed by atoms with van der Waals surface area (Å²) in [6.07, 6.45) is 5.34. The molecule has 1 atom stereocenters. The SMILES string of the molecule is O=C(CCCC[C@H]1CCSS1)Nc1ccc(N2CCOCC2)cc1. The predicted octanol–water partition coefficient (Wildman–Crippen LogP) is 4.18. The summed E-state index contributed by atoms with van der Waals surface area (Å²) in [6, 6.07) is 8.15. The maximum atomic E-state index is 12.0. The summed E-state index contributed by atoms with van der Waals surface area (Å²) in [7, 11) is 4.01. The zero-order chi connectivity index (χ0) is 16.6. The number of morpholine rings is 1. The van der Waals surface area contributed by atoms with Crippen molar-refractivity contribution in [1.29, 1.82) is 0 Å². The number of unbranched alkanes of at least 4 members (excludes halogenated alkanes) is 1. The van der Waals surface area contributed by atoms with Gasteiger partial charge in [0.15, 0.2) is 0 Å². The quantitative estimate of drug-likeness (QED) is 0.579. The summed E-state index contributed by atoms with van der Waals surface area (Å²) in [5.41, 5.74) is 2.09. The van der Waals surface area contributed by atoms with Gasteiger partial charge in [-0.1, -0.05) is 28.0 Å². The second kappa shape index (κ2) is 9.59. The zero-order valence-electron chi connectivity index (χ0n) is 14.0. The van der Waals surface area contributed by atoms with Crippen molar-refractivity contribution in [3.63, 3.8) is 0 Å².